The molecule has 1 N–H and O–H groups in total. The minimum atomic E-state index is -3.89. The van der Waals surface area contributed by atoms with Crippen molar-refractivity contribution in [1.82, 2.24) is 10.2 Å². The molecule has 0 fully saturated rings. The number of benzene rings is 2. The fourth-order valence-corrected chi connectivity index (χ4v) is 4.38. The second-order valence-corrected chi connectivity index (χ2v) is 9.88. The van der Waals surface area contributed by atoms with Gasteiger partial charge >= 0.3 is 0 Å². The van der Waals surface area contributed by atoms with Crippen molar-refractivity contribution < 1.29 is 22.4 Å². The fourth-order valence-electron chi connectivity index (χ4n) is 3.54. The van der Waals surface area contributed by atoms with E-state index in [1.807, 2.05) is 38.1 Å². The van der Waals surface area contributed by atoms with Crippen LogP contribution in [0, 0.1) is 12.7 Å². The maximum absolute atomic E-state index is 13.8. The summed E-state index contributed by atoms with van der Waals surface area (Å²) in [6.45, 7) is 5.72. The van der Waals surface area contributed by atoms with Gasteiger partial charge in [0.15, 0.2) is 0 Å². The van der Waals surface area contributed by atoms with Gasteiger partial charge in [0.2, 0.25) is 21.8 Å². The molecule has 1 atom stereocenters. The highest BCUT2D eigenvalue weighted by molar-refractivity contribution is 7.92. The van der Waals surface area contributed by atoms with Crippen molar-refractivity contribution in [3.8, 4) is 0 Å². The zero-order valence-electron chi connectivity index (χ0n) is 19.5. The summed E-state index contributed by atoms with van der Waals surface area (Å²) in [5, 5.41) is 2.82. The van der Waals surface area contributed by atoms with Gasteiger partial charge in [-0.15, -0.1) is 0 Å². The Kier molecular flexibility index (Phi) is 9.40. The van der Waals surface area contributed by atoms with E-state index < -0.39 is 34.3 Å². The lowest BCUT2D eigenvalue weighted by atomic mass is 10.1. The van der Waals surface area contributed by atoms with Gasteiger partial charge in [-0.2, -0.15) is 0 Å². The van der Waals surface area contributed by atoms with E-state index >= 15 is 0 Å². The first kappa shape index (κ1) is 26.3. The normalized spacial score (nSPS) is 12.2. The number of hydrogen-bond donors (Lipinski definition) is 1. The first-order chi connectivity index (χ1) is 15.6. The predicted molar refractivity (Wildman–Crippen MR) is 128 cm³/mol. The molecule has 9 heteroatoms. The van der Waals surface area contributed by atoms with Crippen LogP contribution < -0.4 is 9.62 Å². The number of amides is 2. The first-order valence-electron chi connectivity index (χ1n) is 10.9. The quantitative estimate of drug-likeness (QED) is 0.538. The lowest BCUT2D eigenvalue weighted by Gasteiger charge is -2.33. The number of nitrogens with zero attached hydrogens (tertiary/aromatic N) is 2. The Morgan fingerprint density at radius 3 is 2.36 bits per heavy atom. The van der Waals surface area contributed by atoms with Crippen LogP contribution in [0.25, 0.3) is 0 Å². The molecule has 0 aromatic heterocycles. The Labute approximate surface area is 195 Å². The van der Waals surface area contributed by atoms with Gasteiger partial charge in [0.05, 0.1) is 11.9 Å². The Hall–Kier alpha value is -2.94. The van der Waals surface area contributed by atoms with Gasteiger partial charge in [0.1, 0.15) is 18.4 Å². The second kappa shape index (κ2) is 11.8. The van der Waals surface area contributed by atoms with Gasteiger partial charge in [-0.25, -0.2) is 12.8 Å². The van der Waals surface area contributed by atoms with E-state index in [2.05, 4.69) is 5.32 Å². The summed E-state index contributed by atoms with van der Waals surface area (Å²) in [6, 6.07) is 11.8. The number of aryl methyl sites for hydroxylation is 1. The number of carbonyl (C=O) groups is 2. The van der Waals surface area contributed by atoms with Gasteiger partial charge < -0.3 is 10.2 Å². The average molecular weight is 478 g/mol. The Morgan fingerprint density at radius 2 is 1.79 bits per heavy atom. The van der Waals surface area contributed by atoms with E-state index in [0.29, 0.717) is 13.0 Å². The van der Waals surface area contributed by atoms with Gasteiger partial charge in [-0.05, 0) is 43.5 Å². The van der Waals surface area contributed by atoms with Crippen molar-refractivity contribution in [2.24, 2.45) is 0 Å². The van der Waals surface area contributed by atoms with Gasteiger partial charge in [-0.3, -0.25) is 13.9 Å². The van der Waals surface area contributed by atoms with Crippen molar-refractivity contribution in [2.75, 3.05) is 23.7 Å². The highest BCUT2D eigenvalue weighted by Gasteiger charge is 2.31. The molecule has 0 saturated heterocycles. The monoisotopic (exact) mass is 477 g/mol. The Balaban J connectivity index is 2.42. The molecule has 2 aromatic rings. The zero-order valence-corrected chi connectivity index (χ0v) is 20.4. The molecule has 2 aromatic carbocycles. The third kappa shape index (κ3) is 7.56. The molecule has 0 aliphatic heterocycles. The molecule has 0 heterocycles. The van der Waals surface area contributed by atoms with E-state index in [0.717, 1.165) is 34.2 Å². The Morgan fingerprint density at radius 1 is 1.09 bits per heavy atom. The number of halogens is 1. The second-order valence-electron chi connectivity index (χ2n) is 7.98. The molecule has 0 saturated carbocycles. The van der Waals surface area contributed by atoms with Gasteiger partial charge in [0, 0.05) is 13.1 Å². The summed E-state index contributed by atoms with van der Waals surface area (Å²) in [5.74, 6) is -1.46. The smallest absolute Gasteiger partial charge is 0.244 e. The molecule has 0 spiro atoms. The van der Waals surface area contributed by atoms with Crippen LogP contribution in [-0.4, -0.2) is 50.5 Å². The molecule has 0 aliphatic carbocycles. The van der Waals surface area contributed by atoms with Crippen molar-refractivity contribution in [3.05, 3.63) is 65.5 Å². The molecule has 0 aliphatic rings. The van der Waals surface area contributed by atoms with E-state index in [4.69, 9.17) is 0 Å². The number of anilines is 1. The minimum absolute atomic E-state index is 0.0461. The molecule has 2 rings (SSSR count). The molecule has 7 nitrogen and oxygen atoms in total. The third-order valence-corrected chi connectivity index (χ3v) is 6.29. The summed E-state index contributed by atoms with van der Waals surface area (Å²) in [7, 11) is -3.89. The first-order valence-corrected chi connectivity index (χ1v) is 12.8. The topological polar surface area (TPSA) is 86.8 Å². The number of carbonyl (C=O) groups excluding carboxylic acids is 2. The number of nitrogens with one attached hydrogen (secondary N) is 1. The summed E-state index contributed by atoms with van der Waals surface area (Å²) < 4.78 is 39.6. The minimum Gasteiger partial charge on any atom is -0.354 e. The van der Waals surface area contributed by atoms with Crippen LogP contribution in [0.5, 0.6) is 0 Å². The maximum Gasteiger partial charge on any atom is 0.244 e. The molecule has 0 bridgehead atoms. The Bertz CT molecular complexity index is 1070. The highest BCUT2D eigenvalue weighted by Crippen LogP contribution is 2.20. The number of hydrogen-bond acceptors (Lipinski definition) is 4. The SMILES string of the molecule is CCCNC(=O)C(CC)N(Cc1cccc(C)c1)C(=O)CN(c1cccc(F)c1)S(C)(=O)=O. The molecule has 33 heavy (non-hydrogen) atoms. The summed E-state index contributed by atoms with van der Waals surface area (Å²) in [4.78, 5) is 27.7. The summed E-state index contributed by atoms with van der Waals surface area (Å²) in [6.07, 6.45) is 2.06. The van der Waals surface area contributed by atoms with Crippen LogP contribution in [0.2, 0.25) is 0 Å². The van der Waals surface area contributed by atoms with Crippen LogP contribution in [0.3, 0.4) is 0 Å². The van der Waals surface area contributed by atoms with Crippen molar-refractivity contribution in [3.63, 3.8) is 0 Å². The standard InChI is InChI=1S/C24H32FN3O4S/c1-5-13-26-24(30)22(6-2)27(16-19-10-7-9-18(3)14-19)23(29)17-28(33(4,31)32)21-12-8-11-20(25)15-21/h7-12,14-15,22H,5-6,13,16-17H2,1-4H3,(H,26,30). The van der Waals surface area contributed by atoms with Crippen molar-refractivity contribution in [1.29, 1.82) is 0 Å². The van der Waals surface area contributed by atoms with E-state index in [-0.39, 0.29) is 18.1 Å². The maximum atomic E-state index is 13.8. The molecule has 180 valence electrons. The molecular weight excluding hydrogens is 445 g/mol. The van der Waals surface area contributed by atoms with E-state index in [1.165, 1.54) is 23.1 Å². The lowest BCUT2D eigenvalue weighted by Crippen LogP contribution is -2.52. The van der Waals surface area contributed by atoms with Gasteiger partial charge in [-0.1, -0.05) is 49.7 Å². The average Bonchev–Trinajstić information content (AvgIpc) is 2.74. The van der Waals surface area contributed by atoms with Gasteiger partial charge in [0.25, 0.3) is 0 Å². The van der Waals surface area contributed by atoms with E-state index in [9.17, 15) is 22.4 Å². The zero-order chi connectivity index (χ0) is 24.6. The number of sulfonamides is 1. The molecular formula is C24H32FN3O4S. The summed E-state index contributed by atoms with van der Waals surface area (Å²) >= 11 is 0. The highest BCUT2D eigenvalue weighted by atomic mass is 32.2. The van der Waals surface area contributed by atoms with Crippen molar-refractivity contribution in [2.45, 2.75) is 46.2 Å². The third-order valence-electron chi connectivity index (χ3n) is 5.15. The van der Waals surface area contributed by atoms with E-state index in [1.54, 1.807) is 6.92 Å². The van der Waals surface area contributed by atoms with Crippen LogP contribution in [-0.2, 0) is 26.2 Å². The summed E-state index contributed by atoms with van der Waals surface area (Å²) in [5.41, 5.74) is 1.87. The molecule has 0 radical (unpaired) electrons. The lowest BCUT2D eigenvalue weighted by molar-refractivity contribution is -0.140. The van der Waals surface area contributed by atoms with Crippen LogP contribution in [0.15, 0.2) is 48.5 Å². The molecule has 1 unspecified atom stereocenters. The van der Waals surface area contributed by atoms with Crippen LogP contribution in [0.4, 0.5) is 10.1 Å². The molecule has 2 amide bonds. The van der Waals surface area contributed by atoms with Crippen LogP contribution >= 0.6 is 0 Å². The largest absolute Gasteiger partial charge is 0.354 e. The fraction of sp³-hybridized carbons (Fsp3) is 0.417. The van der Waals surface area contributed by atoms with Crippen LogP contribution in [0.1, 0.15) is 37.8 Å². The number of rotatable bonds is 11. The predicted octanol–water partition coefficient (Wildman–Crippen LogP) is 3.23. The van der Waals surface area contributed by atoms with Crippen molar-refractivity contribution >= 4 is 27.5 Å².